The highest BCUT2D eigenvalue weighted by atomic mass is 28.4. The monoisotopic (exact) mass is 313 g/mol. The highest BCUT2D eigenvalue weighted by Gasteiger charge is 2.28. The van der Waals surface area contributed by atoms with Gasteiger partial charge in [0.15, 0.2) is 20.4 Å². The lowest BCUT2D eigenvalue weighted by Gasteiger charge is -2.30. The lowest BCUT2D eigenvalue weighted by atomic mass is 10.0. The van der Waals surface area contributed by atoms with Crippen molar-refractivity contribution in [2.75, 3.05) is 13.2 Å². The second-order valence-corrected chi connectivity index (χ2v) is 11.0. The van der Waals surface area contributed by atoms with Gasteiger partial charge in [0.25, 0.3) is 0 Å². The van der Waals surface area contributed by atoms with Gasteiger partial charge in [0.05, 0.1) is 12.8 Å². The molecular weight excluding hydrogens is 289 g/mol. The first-order valence-electron chi connectivity index (χ1n) is 7.00. The van der Waals surface area contributed by atoms with Crippen molar-refractivity contribution in [2.24, 2.45) is 5.41 Å². The average molecular weight is 313 g/mol. The second-order valence-electron chi connectivity index (χ2n) is 6.85. The van der Waals surface area contributed by atoms with Crippen molar-refractivity contribution in [3.63, 3.8) is 0 Å². The van der Waals surface area contributed by atoms with Gasteiger partial charge >= 0.3 is 0 Å². The Balaban J connectivity index is 2.40. The molecule has 0 aliphatic rings. The number of aldehydes is 1. The van der Waals surface area contributed by atoms with Gasteiger partial charge in [0.2, 0.25) is 0 Å². The van der Waals surface area contributed by atoms with Gasteiger partial charge in [-0.25, -0.2) is 9.37 Å². The van der Waals surface area contributed by atoms with Crippen molar-refractivity contribution in [3.8, 4) is 5.75 Å². The molecule has 0 spiro atoms. The molecule has 0 aliphatic heterocycles. The van der Waals surface area contributed by atoms with Crippen molar-refractivity contribution in [3.05, 3.63) is 23.8 Å². The topological polar surface area (TPSA) is 48.4 Å². The number of hydrogen-bond donors (Lipinski definition) is 0. The third kappa shape index (κ3) is 6.82. The van der Waals surface area contributed by atoms with Crippen LogP contribution in [0.5, 0.6) is 5.75 Å². The fraction of sp³-hybridized carbons (Fsp3) is 0.600. The maximum absolute atomic E-state index is 13.3. The van der Waals surface area contributed by atoms with E-state index in [0.29, 0.717) is 25.2 Å². The number of rotatable bonds is 7. The molecule has 4 nitrogen and oxygen atoms in total. The molecule has 0 saturated heterocycles. The van der Waals surface area contributed by atoms with Gasteiger partial charge in [0, 0.05) is 6.07 Å². The van der Waals surface area contributed by atoms with E-state index < -0.39 is 14.1 Å². The minimum Gasteiger partial charge on any atom is -0.490 e. The summed E-state index contributed by atoms with van der Waals surface area (Å²) in [7, 11) is -1.72. The number of carbonyl (C=O) groups is 1. The molecule has 1 aromatic rings. The molecule has 21 heavy (non-hydrogen) atoms. The van der Waals surface area contributed by atoms with Gasteiger partial charge in [-0.05, 0) is 24.6 Å². The van der Waals surface area contributed by atoms with Crippen LogP contribution < -0.4 is 4.74 Å². The van der Waals surface area contributed by atoms with Gasteiger partial charge < -0.3 is 9.16 Å². The quantitative estimate of drug-likeness (QED) is 0.438. The van der Waals surface area contributed by atoms with Crippen LogP contribution in [0.25, 0.3) is 0 Å². The van der Waals surface area contributed by atoms with Crippen molar-refractivity contribution in [2.45, 2.75) is 39.9 Å². The van der Waals surface area contributed by atoms with E-state index in [1.807, 2.05) is 0 Å². The summed E-state index contributed by atoms with van der Waals surface area (Å²) < 4.78 is 24.7. The van der Waals surface area contributed by atoms with Crippen LogP contribution in [0.3, 0.4) is 0 Å². The largest absolute Gasteiger partial charge is 0.490 e. The molecule has 6 heteroatoms. The zero-order chi connectivity index (χ0) is 16.1. The van der Waals surface area contributed by atoms with Crippen molar-refractivity contribution >= 4 is 14.6 Å². The summed E-state index contributed by atoms with van der Waals surface area (Å²) >= 11 is 0. The Labute approximate surface area is 126 Å². The van der Waals surface area contributed by atoms with E-state index in [-0.39, 0.29) is 11.1 Å². The number of nitrogens with zero attached hydrogens (tertiary/aromatic N) is 1. The molecule has 1 rings (SSSR count). The number of pyridine rings is 1. The highest BCUT2D eigenvalue weighted by Crippen LogP contribution is 2.28. The van der Waals surface area contributed by atoms with Crippen LogP contribution in [0, 0.1) is 11.2 Å². The molecule has 0 aliphatic carbocycles. The second kappa shape index (κ2) is 7.13. The number of carbonyl (C=O) groups excluding carboxylic acids is 1. The average Bonchev–Trinajstić information content (AvgIpc) is 2.32. The summed E-state index contributed by atoms with van der Waals surface area (Å²) in [6, 6.07) is 2.22. The molecule has 1 heterocycles. The molecule has 0 aromatic carbocycles. The molecule has 0 radical (unpaired) electrons. The van der Waals surface area contributed by atoms with Crippen molar-refractivity contribution in [1.82, 2.24) is 4.98 Å². The number of ether oxygens (including phenoxy) is 1. The number of aromatic nitrogens is 1. The Morgan fingerprint density at radius 3 is 2.52 bits per heavy atom. The third-order valence-corrected chi connectivity index (χ3v) is 5.65. The van der Waals surface area contributed by atoms with E-state index in [2.05, 4.69) is 38.8 Å². The number of hydrogen-bond acceptors (Lipinski definition) is 4. The zero-order valence-corrected chi connectivity index (χ0v) is 14.4. The lowest BCUT2D eigenvalue weighted by Crippen LogP contribution is -2.36. The van der Waals surface area contributed by atoms with Gasteiger partial charge in [-0.3, -0.25) is 4.79 Å². The Morgan fingerprint density at radius 2 is 2.00 bits per heavy atom. The highest BCUT2D eigenvalue weighted by molar-refractivity contribution is 6.71. The van der Waals surface area contributed by atoms with E-state index >= 15 is 0 Å². The Bertz CT molecular complexity index is 486. The maximum Gasteiger partial charge on any atom is 0.187 e. The van der Waals surface area contributed by atoms with Crippen molar-refractivity contribution < 1.29 is 18.3 Å². The van der Waals surface area contributed by atoms with Crippen molar-refractivity contribution in [1.29, 1.82) is 0 Å². The van der Waals surface area contributed by atoms with E-state index in [9.17, 15) is 9.18 Å². The van der Waals surface area contributed by atoms with Crippen LogP contribution in [-0.2, 0) is 4.43 Å². The van der Waals surface area contributed by atoms with Gasteiger partial charge in [-0.2, -0.15) is 0 Å². The van der Waals surface area contributed by atoms with Crippen LogP contribution in [0.2, 0.25) is 19.1 Å². The van der Waals surface area contributed by atoms with E-state index in [0.717, 1.165) is 12.1 Å². The molecule has 0 saturated carbocycles. The van der Waals surface area contributed by atoms with Gasteiger partial charge in [-0.15, -0.1) is 0 Å². The Morgan fingerprint density at radius 1 is 1.33 bits per heavy atom. The molecule has 0 bridgehead atoms. The summed E-state index contributed by atoms with van der Waals surface area (Å²) in [6.45, 7) is 11.8. The molecule has 118 valence electrons. The Hall–Kier alpha value is -1.27. The summed E-state index contributed by atoms with van der Waals surface area (Å²) in [4.78, 5) is 14.1. The molecule has 0 N–H and O–H groups in total. The van der Waals surface area contributed by atoms with E-state index in [4.69, 9.17) is 9.16 Å². The van der Waals surface area contributed by atoms with Gasteiger partial charge in [0.1, 0.15) is 18.1 Å². The van der Waals surface area contributed by atoms with Crippen LogP contribution in [-0.4, -0.2) is 32.8 Å². The number of halogens is 1. The van der Waals surface area contributed by atoms with E-state index in [1.54, 1.807) is 0 Å². The first kappa shape index (κ1) is 17.8. The standard InChI is InChI=1S/C15H24FNO3Si/c1-15(2,3)11-21(4,5)20-7-6-19-12-8-13(16)14(10-18)17-9-12/h8-10H,6-7,11H2,1-5H3. The van der Waals surface area contributed by atoms with Crippen LogP contribution in [0.4, 0.5) is 4.39 Å². The van der Waals surface area contributed by atoms with Gasteiger partial charge in [-0.1, -0.05) is 20.8 Å². The predicted octanol–water partition coefficient (Wildman–Crippen LogP) is 3.68. The Kier molecular flexibility index (Phi) is 6.04. The fourth-order valence-electron chi connectivity index (χ4n) is 2.40. The van der Waals surface area contributed by atoms with Crippen LogP contribution in [0.15, 0.2) is 12.3 Å². The molecule has 0 fully saturated rings. The zero-order valence-electron chi connectivity index (χ0n) is 13.4. The summed E-state index contributed by atoms with van der Waals surface area (Å²) in [6.07, 6.45) is 1.72. The SMILES string of the molecule is CC(C)(C)C[Si](C)(C)OCCOc1cnc(C=O)c(F)c1. The molecule has 0 atom stereocenters. The first-order chi connectivity index (χ1) is 9.63. The molecule has 0 unspecified atom stereocenters. The minimum absolute atomic E-state index is 0.211. The van der Waals surface area contributed by atoms with Crippen LogP contribution in [0.1, 0.15) is 31.3 Å². The maximum atomic E-state index is 13.3. The third-order valence-electron chi connectivity index (χ3n) is 2.76. The van der Waals surface area contributed by atoms with Crippen LogP contribution >= 0.6 is 0 Å². The smallest absolute Gasteiger partial charge is 0.187 e. The molecule has 0 amide bonds. The molecule has 1 aromatic heterocycles. The molecular formula is C15H24FNO3Si. The normalized spacial score (nSPS) is 12.3. The fourth-order valence-corrected chi connectivity index (χ4v) is 5.69. The first-order valence-corrected chi connectivity index (χ1v) is 10.1. The van der Waals surface area contributed by atoms with E-state index in [1.165, 1.54) is 6.20 Å². The summed E-state index contributed by atoms with van der Waals surface area (Å²) in [5.41, 5.74) is 0.0335. The lowest BCUT2D eigenvalue weighted by molar-refractivity contribution is 0.111. The summed E-state index contributed by atoms with van der Waals surface area (Å²) in [5.74, 6) is -0.372. The summed E-state index contributed by atoms with van der Waals surface area (Å²) in [5, 5.41) is 0. The minimum atomic E-state index is -1.72. The predicted molar refractivity (Wildman–Crippen MR) is 82.8 cm³/mol.